The molecule has 132 valence electrons. The molecule has 9 heteroatoms. The van der Waals surface area contributed by atoms with Crippen LogP contribution in [0.3, 0.4) is 0 Å². The number of carbonyl (C=O) groups excluding carboxylic acids is 1. The van der Waals surface area contributed by atoms with E-state index in [-0.39, 0.29) is 5.69 Å². The van der Waals surface area contributed by atoms with Crippen molar-refractivity contribution in [2.45, 2.75) is 45.3 Å². The van der Waals surface area contributed by atoms with Crippen molar-refractivity contribution in [2.24, 2.45) is 0 Å². The Hall–Kier alpha value is -2.34. The lowest BCUT2D eigenvalue weighted by molar-refractivity contribution is -0.141. The van der Waals surface area contributed by atoms with Gasteiger partial charge in [-0.1, -0.05) is 0 Å². The average Bonchev–Trinajstić information content (AvgIpc) is 3.19. The van der Waals surface area contributed by atoms with E-state index >= 15 is 0 Å². The molecule has 1 aliphatic rings. The number of alkyl halides is 3. The first-order chi connectivity index (χ1) is 11.7. The maximum absolute atomic E-state index is 12.8. The number of carbonyl (C=O) groups is 1. The van der Waals surface area contributed by atoms with Crippen LogP contribution in [0.5, 0.6) is 0 Å². The molecule has 0 spiro atoms. The van der Waals surface area contributed by atoms with Crippen LogP contribution in [0.4, 0.5) is 18.2 Å². The van der Waals surface area contributed by atoms with E-state index in [9.17, 15) is 23.2 Å². The topological polar surface area (TPSA) is 70.7 Å². The van der Waals surface area contributed by atoms with Crippen LogP contribution in [0.1, 0.15) is 46.8 Å². The van der Waals surface area contributed by atoms with Crippen molar-refractivity contribution in [3.8, 4) is 6.07 Å². The van der Waals surface area contributed by atoms with E-state index in [0.717, 1.165) is 40.5 Å². The zero-order valence-electron chi connectivity index (χ0n) is 13.6. The van der Waals surface area contributed by atoms with E-state index in [2.05, 4.69) is 16.5 Å². The quantitative estimate of drug-likeness (QED) is 0.895. The Morgan fingerprint density at radius 2 is 2.20 bits per heavy atom. The summed E-state index contributed by atoms with van der Waals surface area (Å²) in [5.41, 5.74) is 0.651. The molecule has 3 rings (SSSR count). The summed E-state index contributed by atoms with van der Waals surface area (Å²) in [6.45, 7) is 2.94. The molecule has 2 heterocycles. The third-order valence-corrected chi connectivity index (χ3v) is 5.44. The molecule has 0 aromatic carbocycles. The van der Waals surface area contributed by atoms with Crippen LogP contribution in [0.2, 0.25) is 0 Å². The number of hydrogen-bond acceptors (Lipinski definition) is 4. The Balaban J connectivity index is 1.83. The van der Waals surface area contributed by atoms with Crippen molar-refractivity contribution in [2.75, 3.05) is 5.32 Å². The van der Waals surface area contributed by atoms with Gasteiger partial charge in [0.25, 0.3) is 0 Å². The highest BCUT2D eigenvalue weighted by Crippen LogP contribution is 2.39. The third kappa shape index (κ3) is 3.14. The highest BCUT2D eigenvalue weighted by Gasteiger charge is 2.35. The Kier molecular flexibility index (Phi) is 4.33. The van der Waals surface area contributed by atoms with Gasteiger partial charge in [-0.05, 0) is 44.7 Å². The fourth-order valence-electron chi connectivity index (χ4n) is 2.96. The van der Waals surface area contributed by atoms with Crippen LogP contribution in [-0.2, 0) is 23.8 Å². The molecule has 0 saturated heterocycles. The molecule has 2 aromatic rings. The van der Waals surface area contributed by atoms with Gasteiger partial charge in [-0.25, -0.2) is 0 Å². The van der Waals surface area contributed by atoms with Crippen LogP contribution in [0, 0.1) is 18.3 Å². The number of halogens is 3. The van der Waals surface area contributed by atoms with Crippen molar-refractivity contribution < 1.29 is 18.0 Å². The van der Waals surface area contributed by atoms with Crippen molar-refractivity contribution in [1.29, 1.82) is 5.26 Å². The van der Waals surface area contributed by atoms with Gasteiger partial charge in [-0.15, -0.1) is 11.3 Å². The second kappa shape index (κ2) is 6.19. The second-order valence-corrected chi connectivity index (χ2v) is 7.06. The number of nitrogens with zero attached hydrogens (tertiary/aromatic N) is 3. The number of amides is 1. The Morgan fingerprint density at radius 1 is 1.48 bits per heavy atom. The predicted molar refractivity (Wildman–Crippen MR) is 86.4 cm³/mol. The Labute approximate surface area is 146 Å². The maximum atomic E-state index is 12.8. The first-order valence-corrected chi connectivity index (χ1v) is 8.53. The van der Waals surface area contributed by atoms with E-state index in [4.69, 9.17) is 0 Å². The van der Waals surface area contributed by atoms with E-state index in [0.29, 0.717) is 10.6 Å². The lowest BCUT2D eigenvalue weighted by atomic mass is 10.1. The molecule has 2 aromatic heterocycles. The minimum atomic E-state index is -4.56. The summed E-state index contributed by atoms with van der Waals surface area (Å²) in [4.78, 5) is 13.6. The SMILES string of the molecule is Cc1cc(C(F)(F)F)nn1[C@@H](C)C(=O)Nc1sc2c(c1C#N)CCC2. The number of hydrogen-bond donors (Lipinski definition) is 1. The molecule has 0 saturated carbocycles. The lowest BCUT2D eigenvalue weighted by Gasteiger charge is -2.14. The van der Waals surface area contributed by atoms with E-state index in [1.54, 1.807) is 0 Å². The number of aromatic nitrogens is 2. The smallest absolute Gasteiger partial charge is 0.315 e. The Bertz CT molecular complexity index is 875. The summed E-state index contributed by atoms with van der Waals surface area (Å²) in [6, 6.07) is 2.10. The molecule has 1 N–H and O–H groups in total. The summed E-state index contributed by atoms with van der Waals surface area (Å²) in [5, 5.41) is 16.0. The standard InChI is InChI=1S/C16H15F3N4OS/c1-8-6-13(16(17,18)19)22-23(8)9(2)14(24)21-15-11(7-20)10-4-3-5-12(10)25-15/h6,9H,3-5H2,1-2H3,(H,21,24)/t9-/m0/s1. The summed E-state index contributed by atoms with van der Waals surface area (Å²) in [7, 11) is 0. The van der Waals surface area contributed by atoms with Gasteiger partial charge in [-0.3, -0.25) is 9.48 Å². The first-order valence-electron chi connectivity index (χ1n) is 7.71. The van der Waals surface area contributed by atoms with Gasteiger partial charge < -0.3 is 5.32 Å². The predicted octanol–water partition coefficient (Wildman–Crippen LogP) is 3.83. The maximum Gasteiger partial charge on any atom is 0.435 e. The molecular weight excluding hydrogens is 353 g/mol. The number of aryl methyl sites for hydroxylation is 2. The molecule has 0 radical (unpaired) electrons. The van der Waals surface area contributed by atoms with Crippen molar-refractivity contribution in [3.05, 3.63) is 33.5 Å². The molecule has 1 aliphatic carbocycles. The number of nitrogens with one attached hydrogen (secondary N) is 1. The van der Waals surface area contributed by atoms with Gasteiger partial charge in [0.15, 0.2) is 5.69 Å². The van der Waals surface area contributed by atoms with Gasteiger partial charge in [0.05, 0.1) is 5.56 Å². The molecule has 25 heavy (non-hydrogen) atoms. The summed E-state index contributed by atoms with van der Waals surface area (Å²) in [6.07, 6.45) is -1.87. The number of anilines is 1. The van der Waals surface area contributed by atoms with Crippen LogP contribution >= 0.6 is 11.3 Å². The van der Waals surface area contributed by atoms with Gasteiger partial charge >= 0.3 is 6.18 Å². The molecule has 1 atom stereocenters. The molecule has 1 amide bonds. The molecule has 0 fully saturated rings. The largest absolute Gasteiger partial charge is 0.435 e. The van der Waals surface area contributed by atoms with Gasteiger partial charge in [0.1, 0.15) is 17.1 Å². The van der Waals surface area contributed by atoms with Crippen LogP contribution in [-0.4, -0.2) is 15.7 Å². The van der Waals surface area contributed by atoms with E-state index in [1.165, 1.54) is 25.2 Å². The summed E-state index contributed by atoms with van der Waals surface area (Å²) >= 11 is 1.36. The van der Waals surface area contributed by atoms with E-state index in [1.807, 2.05) is 0 Å². The fourth-order valence-corrected chi connectivity index (χ4v) is 4.20. The fraction of sp³-hybridized carbons (Fsp3) is 0.438. The summed E-state index contributed by atoms with van der Waals surface area (Å²) < 4.78 is 39.4. The number of fused-ring (bicyclic) bond motifs is 1. The highest BCUT2D eigenvalue weighted by atomic mass is 32.1. The average molecular weight is 368 g/mol. The van der Waals surface area contributed by atoms with Gasteiger partial charge in [0.2, 0.25) is 5.91 Å². The number of rotatable bonds is 3. The summed E-state index contributed by atoms with van der Waals surface area (Å²) in [5.74, 6) is -0.503. The minimum Gasteiger partial charge on any atom is -0.315 e. The van der Waals surface area contributed by atoms with Crippen molar-refractivity contribution in [3.63, 3.8) is 0 Å². The van der Waals surface area contributed by atoms with Gasteiger partial charge in [0, 0.05) is 10.6 Å². The van der Waals surface area contributed by atoms with Crippen LogP contribution in [0.15, 0.2) is 6.07 Å². The Morgan fingerprint density at radius 3 is 2.80 bits per heavy atom. The number of thiophene rings is 1. The van der Waals surface area contributed by atoms with Crippen LogP contribution in [0.25, 0.3) is 0 Å². The zero-order chi connectivity index (χ0) is 18.4. The minimum absolute atomic E-state index is 0.240. The van der Waals surface area contributed by atoms with E-state index < -0.39 is 23.8 Å². The first kappa shape index (κ1) is 17.5. The molecule has 0 unspecified atom stereocenters. The zero-order valence-corrected chi connectivity index (χ0v) is 14.4. The second-order valence-electron chi connectivity index (χ2n) is 5.95. The van der Waals surface area contributed by atoms with Crippen molar-refractivity contribution >= 4 is 22.2 Å². The van der Waals surface area contributed by atoms with Crippen molar-refractivity contribution in [1.82, 2.24) is 9.78 Å². The van der Waals surface area contributed by atoms with Gasteiger partial charge in [-0.2, -0.15) is 23.5 Å². The number of nitriles is 1. The molecule has 0 bridgehead atoms. The molecular formula is C16H15F3N4OS. The molecule has 5 nitrogen and oxygen atoms in total. The molecule has 0 aliphatic heterocycles. The van der Waals surface area contributed by atoms with Crippen LogP contribution < -0.4 is 5.32 Å². The normalized spacial score (nSPS) is 14.9. The highest BCUT2D eigenvalue weighted by molar-refractivity contribution is 7.16. The monoisotopic (exact) mass is 368 g/mol. The lowest BCUT2D eigenvalue weighted by Crippen LogP contribution is -2.25. The third-order valence-electron chi connectivity index (χ3n) is 4.23.